The maximum Gasteiger partial charge on any atom is 0.246 e. The zero-order valence-corrected chi connectivity index (χ0v) is 16.5. The predicted octanol–water partition coefficient (Wildman–Crippen LogP) is 3.07. The van der Waals surface area contributed by atoms with Crippen molar-refractivity contribution in [1.82, 2.24) is 14.5 Å². The number of piperidine rings is 1. The van der Waals surface area contributed by atoms with E-state index in [9.17, 15) is 8.42 Å². The summed E-state index contributed by atoms with van der Waals surface area (Å²) in [6.07, 6.45) is 3.80. The maximum absolute atomic E-state index is 12.9. The lowest BCUT2D eigenvalue weighted by atomic mass is 9.91. The second-order valence-corrected chi connectivity index (χ2v) is 8.84. The molecule has 0 aliphatic carbocycles. The van der Waals surface area contributed by atoms with Crippen LogP contribution in [0.15, 0.2) is 29.2 Å². The third-order valence-electron chi connectivity index (χ3n) is 5.25. The average Bonchev–Trinajstić information content (AvgIpc) is 2.99. The number of hydrogen-bond acceptors (Lipinski definition) is 4. The summed E-state index contributed by atoms with van der Waals surface area (Å²) in [6, 6.07) is 8.09. The van der Waals surface area contributed by atoms with Crippen LogP contribution < -0.4 is 4.74 Å². The molecule has 0 atom stereocenters. The summed E-state index contributed by atoms with van der Waals surface area (Å²) in [7, 11) is -1.77. The molecule has 2 heterocycles. The van der Waals surface area contributed by atoms with E-state index in [0.717, 1.165) is 31.4 Å². The Hall–Kier alpha value is -1.86. The van der Waals surface area contributed by atoms with Gasteiger partial charge in [0.25, 0.3) is 0 Å². The quantitative estimate of drug-likeness (QED) is 0.839. The zero-order valence-electron chi connectivity index (χ0n) is 15.7. The summed E-state index contributed by atoms with van der Waals surface area (Å²) in [5, 5.41) is 6.80. The van der Waals surface area contributed by atoms with Crippen molar-refractivity contribution in [2.45, 2.75) is 44.4 Å². The highest BCUT2D eigenvalue weighted by Crippen LogP contribution is 2.29. The molecule has 142 valence electrons. The van der Waals surface area contributed by atoms with Crippen LogP contribution in [0.25, 0.3) is 0 Å². The van der Waals surface area contributed by atoms with Gasteiger partial charge in [-0.25, -0.2) is 8.42 Å². The van der Waals surface area contributed by atoms with Crippen LogP contribution in [0.4, 0.5) is 0 Å². The summed E-state index contributed by atoms with van der Waals surface area (Å²) < 4.78 is 32.8. The van der Waals surface area contributed by atoms with E-state index in [1.807, 2.05) is 18.2 Å². The number of benzene rings is 1. The van der Waals surface area contributed by atoms with Gasteiger partial charge < -0.3 is 4.74 Å². The summed E-state index contributed by atoms with van der Waals surface area (Å²) in [5.74, 6) is 1.47. The molecule has 1 aliphatic rings. The normalized spacial score (nSPS) is 16.7. The van der Waals surface area contributed by atoms with Gasteiger partial charge in [-0.3, -0.25) is 5.10 Å². The van der Waals surface area contributed by atoms with Crippen LogP contribution in [-0.2, 0) is 16.4 Å². The molecule has 2 aromatic rings. The number of aryl methyl sites for hydroxylation is 3. The Kier molecular flexibility index (Phi) is 5.67. The highest BCUT2D eigenvalue weighted by Gasteiger charge is 2.32. The highest BCUT2D eigenvalue weighted by molar-refractivity contribution is 7.89. The largest absolute Gasteiger partial charge is 0.496 e. The minimum atomic E-state index is -3.46. The van der Waals surface area contributed by atoms with Gasteiger partial charge in [0.1, 0.15) is 10.6 Å². The van der Waals surface area contributed by atoms with Crippen LogP contribution in [0, 0.1) is 19.8 Å². The highest BCUT2D eigenvalue weighted by atomic mass is 32.2. The maximum atomic E-state index is 12.9. The van der Waals surface area contributed by atoms with Gasteiger partial charge >= 0.3 is 0 Å². The lowest BCUT2D eigenvalue weighted by Crippen LogP contribution is -2.38. The molecule has 1 fully saturated rings. The van der Waals surface area contributed by atoms with E-state index in [4.69, 9.17) is 4.74 Å². The van der Waals surface area contributed by atoms with E-state index in [1.54, 1.807) is 25.3 Å². The Labute approximate surface area is 155 Å². The van der Waals surface area contributed by atoms with Crippen molar-refractivity contribution in [2.75, 3.05) is 20.2 Å². The molecule has 1 aliphatic heterocycles. The predicted molar refractivity (Wildman–Crippen MR) is 101 cm³/mol. The van der Waals surface area contributed by atoms with Crippen molar-refractivity contribution >= 4 is 10.0 Å². The van der Waals surface area contributed by atoms with Crippen LogP contribution in [0.3, 0.4) is 0 Å². The van der Waals surface area contributed by atoms with Gasteiger partial charge in [-0.2, -0.15) is 9.40 Å². The Morgan fingerprint density at radius 3 is 2.54 bits per heavy atom. The van der Waals surface area contributed by atoms with Gasteiger partial charge in [-0.05, 0) is 57.1 Å². The number of nitrogens with one attached hydrogen (secondary N) is 1. The second kappa shape index (κ2) is 7.80. The topological polar surface area (TPSA) is 75.3 Å². The Balaban J connectivity index is 1.59. The molecule has 0 amide bonds. The SMILES string of the molecule is COc1ccccc1CCC1CCN(S(=O)(=O)c2c(C)n[nH]c2C)CC1. The number of H-pyrrole nitrogens is 1. The van der Waals surface area contributed by atoms with E-state index in [-0.39, 0.29) is 0 Å². The third-order valence-corrected chi connectivity index (χ3v) is 7.41. The number of para-hydroxylation sites is 1. The molecule has 3 rings (SSSR count). The first-order valence-electron chi connectivity index (χ1n) is 9.07. The molecule has 0 spiro atoms. The number of aromatic amines is 1. The number of ether oxygens (including phenoxy) is 1. The number of hydrogen-bond donors (Lipinski definition) is 1. The van der Waals surface area contributed by atoms with E-state index in [2.05, 4.69) is 16.3 Å². The monoisotopic (exact) mass is 377 g/mol. The molecular weight excluding hydrogens is 350 g/mol. The van der Waals surface area contributed by atoms with Gasteiger partial charge in [0.15, 0.2) is 0 Å². The first-order chi connectivity index (χ1) is 12.4. The molecule has 1 N–H and O–H groups in total. The van der Waals surface area contributed by atoms with E-state index >= 15 is 0 Å². The van der Waals surface area contributed by atoms with Crippen LogP contribution in [0.2, 0.25) is 0 Å². The van der Waals surface area contributed by atoms with Crippen LogP contribution >= 0.6 is 0 Å². The molecule has 1 aromatic heterocycles. The average molecular weight is 378 g/mol. The van der Waals surface area contributed by atoms with Crippen LogP contribution in [0.1, 0.15) is 36.2 Å². The molecule has 26 heavy (non-hydrogen) atoms. The molecular formula is C19H27N3O3S. The fourth-order valence-electron chi connectivity index (χ4n) is 3.76. The minimum Gasteiger partial charge on any atom is -0.496 e. The lowest BCUT2D eigenvalue weighted by Gasteiger charge is -2.31. The van der Waals surface area contributed by atoms with E-state index in [1.165, 1.54) is 5.56 Å². The minimum absolute atomic E-state index is 0.338. The van der Waals surface area contributed by atoms with Gasteiger partial charge in [0.2, 0.25) is 10.0 Å². The second-order valence-electron chi connectivity index (χ2n) is 6.96. The van der Waals surface area contributed by atoms with Gasteiger partial charge in [-0.1, -0.05) is 18.2 Å². The van der Waals surface area contributed by atoms with Gasteiger partial charge in [0.05, 0.1) is 18.5 Å². The lowest BCUT2D eigenvalue weighted by molar-refractivity contribution is 0.263. The van der Waals surface area contributed by atoms with Crippen molar-refractivity contribution in [3.63, 3.8) is 0 Å². The fraction of sp³-hybridized carbons (Fsp3) is 0.526. The van der Waals surface area contributed by atoms with Crippen molar-refractivity contribution in [3.8, 4) is 5.75 Å². The van der Waals surface area contributed by atoms with Gasteiger partial charge in [-0.15, -0.1) is 0 Å². The molecule has 1 aromatic carbocycles. The molecule has 0 saturated carbocycles. The smallest absolute Gasteiger partial charge is 0.246 e. The van der Waals surface area contributed by atoms with Crippen LogP contribution in [0.5, 0.6) is 5.75 Å². The van der Waals surface area contributed by atoms with Crippen molar-refractivity contribution in [2.24, 2.45) is 5.92 Å². The molecule has 6 nitrogen and oxygen atoms in total. The van der Waals surface area contributed by atoms with Crippen LogP contribution in [-0.4, -0.2) is 43.1 Å². The van der Waals surface area contributed by atoms with Crippen molar-refractivity contribution in [1.29, 1.82) is 0 Å². The first kappa shape index (κ1) is 18.9. The van der Waals surface area contributed by atoms with Crippen molar-refractivity contribution in [3.05, 3.63) is 41.2 Å². The number of nitrogens with zero attached hydrogens (tertiary/aromatic N) is 2. The Morgan fingerprint density at radius 1 is 1.23 bits per heavy atom. The number of sulfonamides is 1. The zero-order chi connectivity index (χ0) is 18.7. The molecule has 1 saturated heterocycles. The number of methoxy groups -OCH3 is 1. The summed E-state index contributed by atoms with van der Waals surface area (Å²) >= 11 is 0. The van der Waals surface area contributed by atoms with E-state index in [0.29, 0.717) is 35.3 Å². The fourth-order valence-corrected chi connectivity index (χ4v) is 5.56. The standard InChI is InChI=1S/C19H27N3O3S/c1-14-19(15(2)21-20-14)26(23,24)22-12-10-16(11-13-22)8-9-17-6-4-5-7-18(17)25-3/h4-7,16H,8-13H2,1-3H3,(H,20,21). The summed E-state index contributed by atoms with van der Waals surface area (Å²) in [4.78, 5) is 0.338. The third kappa shape index (κ3) is 3.78. The molecule has 0 unspecified atom stereocenters. The Bertz CT molecular complexity index is 833. The Morgan fingerprint density at radius 2 is 1.92 bits per heavy atom. The molecule has 0 bridgehead atoms. The number of aromatic nitrogens is 2. The van der Waals surface area contributed by atoms with Gasteiger partial charge in [0, 0.05) is 13.1 Å². The molecule has 7 heteroatoms. The summed E-state index contributed by atoms with van der Waals surface area (Å²) in [5.41, 5.74) is 2.37. The molecule has 0 radical (unpaired) electrons. The number of rotatable bonds is 6. The summed E-state index contributed by atoms with van der Waals surface area (Å²) in [6.45, 7) is 4.63. The first-order valence-corrected chi connectivity index (χ1v) is 10.5. The van der Waals surface area contributed by atoms with Crippen molar-refractivity contribution < 1.29 is 13.2 Å². The van der Waals surface area contributed by atoms with E-state index < -0.39 is 10.0 Å².